The Morgan fingerprint density at radius 3 is 2.81 bits per heavy atom. The fourth-order valence-electron chi connectivity index (χ4n) is 3.06. The maximum Gasteiger partial charge on any atom is 0.339 e. The number of hydrogen-bond donors (Lipinski definition) is 1. The molecule has 0 unspecified atom stereocenters. The van der Waals surface area contributed by atoms with Gasteiger partial charge in [0.1, 0.15) is 18.2 Å². The maximum atomic E-state index is 12.7. The lowest BCUT2D eigenvalue weighted by atomic mass is 10.2. The second-order valence-corrected chi connectivity index (χ2v) is 8.29. The lowest BCUT2D eigenvalue weighted by Gasteiger charge is -2.09. The highest BCUT2D eigenvalue weighted by molar-refractivity contribution is 7.98. The van der Waals surface area contributed by atoms with E-state index in [2.05, 4.69) is 15.1 Å². The van der Waals surface area contributed by atoms with E-state index >= 15 is 0 Å². The number of H-pyrrole nitrogens is 1. The fourth-order valence-corrected chi connectivity index (χ4v) is 4.42. The number of aromatic nitrogens is 3. The van der Waals surface area contributed by atoms with Crippen molar-refractivity contribution in [1.29, 1.82) is 0 Å². The number of rotatable bonds is 6. The molecule has 9 heteroatoms. The van der Waals surface area contributed by atoms with Crippen LogP contribution in [0.15, 0.2) is 56.7 Å². The Labute approximate surface area is 186 Å². The van der Waals surface area contributed by atoms with Crippen LogP contribution in [0.25, 0.3) is 10.9 Å². The Morgan fingerprint density at radius 1 is 1.23 bits per heavy atom. The van der Waals surface area contributed by atoms with E-state index < -0.39 is 5.97 Å². The molecular formula is C22H18ClN3O4S. The third kappa shape index (κ3) is 4.65. The normalized spacial score (nSPS) is 11.1. The van der Waals surface area contributed by atoms with Crippen molar-refractivity contribution in [3.63, 3.8) is 0 Å². The maximum absolute atomic E-state index is 12.7. The number of hydrogen-bond acceptors (Lipinski definition) is 7. The van der Waals surface area contributed by atoms with Gasteiger partial charge < -0.3 is 14.2 Å². The van der Waals surface area contributed by atoms with Crippen molar-refractivity contribution in [2.24, 2.45) is 0 Å². The van der Waals surface area contributed by atoms with Gasteiger partial charge in [0.25, 0.3) is 5.56 Å². The molecule has 0 bridgehead atoms. The Morgan fingerprint density at radius 2 is 2.03 bits per heavy atom. The van der Waals surface area contributed by atoms with Gasteiger partial charge in [-0.15, -0.1) is 11.8 Å². The summed E-state index contributed by atoms with van der Waals surface area (Å²) in [5.41, 5.74) is 2.40. The van der Waals surface area contributed by atoms with Gasteiger partial charge in [0.2, 0.25) is 0 Å². The van der Waals surface area contributed by atoms with Gasteiger partial charge in [0, 0.05) is 21.2 Å². The van der Waals surface area contributed by atoms with Crippen molar-refractivity contribution in [2.75, 3.05) is 0 Å². The molecule has 0 saturated heterocycles. The van der Waals surface area contributed by atoms with Gasteiger partial charge in [-0.3, -0.25) is 4.79 Å². The Kier molecular flexibility index (Phi) is 6.11. The number of carbonyl (C=O) groups is 1. The average Bonchev–Trinajstić information content (AvgIpc) is 3.07. The van der Waals surface area contributed by atoms with E-state index in [9.17, 15) is 9.59 Å². The number of ether oxygens (including phenoxy) is 1. The van der Waals surface area contributed by atoms with Crippen LogP contribution in [-0.2, 0) is 17.1 Å². The molecule has 4 aromatic rings. The number of benzene rings is 2. The van der Waals surface area contributed by atoms with Gasteiger partial charge in [-0.1, -0.05) is 28.9 Å². The number of aromatic amines is 1. The third-order valence-corrected chi connectivity index (χ3v) is 6.05. The molecule has 4 rings (SSSR count). The van der Waals surface area contributed by atoms with Crippen LogP contribution in [0.5, 0.6) is 0 Å². The van der Waals surface area contributed by atoms with Crippen molar-refractivity contribution in [2.45, 2.75) is 31.1 Å². The molecule has 0 radical (unpaired) electrons. The highest BCUT2D eigenvalue weighted by Gasteiger charge is 2.16. The number of thioether (sulfide) groups is 1. The van der Waals surface area contributed by atoms with Crippen molar-refractivity contribution in [3.05, 3.63) is 86.2 Å². The molecule has 0 saturated carbocycles. The van der Waals surface area contributed by atoms with Gasteiger partial charge in [-0.25, -0.2) is 9.78 Å². The monoisotopic (exact) mass is 455 g/mol. The molecule has 0 aliphatic carbocycles. The summed E-state index contributed by atoms with van der Waals surface area (Å²) in [4.78, 5) is 32.7. The molecule has 0 atom stereocenters. The number of fused-ring (bicyclic) bond motifs is 1. The highest BCUT2D eigenvalue weighted by Crippen LogP contribution is 2.29. The Bertz CT molecular complexity index is 1310. The van der Waals surface area contributed by atoms with Gasteiger partial charge in [-0.2, -0.15) is 0 Å². The predicted molar refractivity (Wildman–Crippen MR) is 118 cm³/mol. The van der Waals surface area contributed by atoms with E-state index in [0.29, 0.717) is 27.2 Å². The van der Waals surface area contributed by atoms with E-state index in [0.717, 1.165) is 21.9 Å². The molecule has 0 fully saturated rings. The first-order chi connectivity index (χ1) is 14.9. The van der Waals surface area contributed by atoms with E-state index in [-0.39, 0.29) is 18.0 Å². The lowest BCUT2D eigenvalue weighted by Crippen LogP contribution is -2.14. The van der Waals surface area contributed by atoms with Gasteiger partial charge in [0.15, 0.2) is 0 Å². The molecule has 0 amide bonds. The summed E-state index contributed by atoms with van der Waals surface area (Å²) in [7, 11) is 0. The van der Waals surface area contributed by atoms with Crippen LogP contribution >= 0.6 is 23.4 Å². The molecule has 2 aromatic carbocycles. The molecule has 2 heterocycles. The van der Waals surface area contributed by atoms with Gasteiger partial charge >= 0.3 is 5.97 Å². The van der Waals surface area contributed by atoms with Crippen LogP contribution in [0, 0.1) is 13.8 Å². The number of aryl methyl sites for hydroxylation is 2. The second-order valence-electron chi connectivity index (χ2n) is 6.84. The Hall–Kier alpha value is -3.10. The summed E-state index contributed by atoms with van der Waals surface area (Å²) in [6.07, 6.45) is 0. The molecular weight excluding hydrogens is 438 g/mol. The number of nitrogens with zero attached hydrogens (tertiary/aromatic N) is 2. The minimum absolute atomic E-state index is 0.167. The van der Waals surface area contributed by atoms with Crippen LogP contribution in [0.1, 0.15) is 33.2 Å². The topological polar surface area (TPSA) is 98.1 Å². The molecule has 2 aromatic heterocycles. The van der Waals surface area contributed by atoms with Crippen LogP contribution in [-0.4, -0.2) is 21.1 Å². The number of carbonyl (C=O) groups excluding carboxylic acids is 1. The molecule has 0 spiro atoms. The zero-order chi connectivity index (χ0) is 22.0. The summed E-state index contributed by atoms with van der Waals surface area (Å²) < 4.78 is 10.6. The minimum Gasteiger partial charge on any atom is -0.454 e. The summed E-state index contributed by atoms with van der Waals surface area (Å²) in [5.74, 6) is 1.12. The van der Waals surface area contributed by atoms with Crippen LogP contribution < -0.4 is 5.56 Å². The second kappa shape index (κ2) is 8.95. The van der Waals surface area contributed by atoms with Crippen LogP contribution in [0.2, 0.25) is 5.02 Å². The molecule has 0 aliphatic rings. The molecule has 7 nitrogen and oxygen atoms in total. The number of esters is 1. The summed E-state index contributed by atoms with van der Waals surface area (Å²) in [6.45, 7) is 3.58. The highest BCUT2D eigenvalue weighted by atomic mass is 35.5. The van der Waals surface area contributed by atoms with E-state index in [1.54, 1.807) is 30.3 Å². The quantitative estimate of drug-likeness (QED) is 0.328. The largest absolute Gasteiger partial charge is 0.454 e. The van der Waals surface area contributed by atoms with Gasteiger partial charge in [-0.05, 0) is 44.2 Å². The first-order valence-corrected chi connectivity index (χ1v) is 10.8. The summed E-state index contributed by atoms with van der Waals surface area (Å²) in [5, 5.41) is 4.85. The lowest BCUT2D eigenvalue weighted by molar-refractivity contribution is 0.0458. The first kappa shape index (κ1) is 21.1. The minimum atomic E-state index is -0.504. The third-order valence-electron chi connectivity index (χ3n) is 4.72. The van der Waals surface area contributed by atoms with E-state index in [1.165, 1.54) is 11.8 Å². The average molecular weight is 456 g/mol. The number of nitrogens with one attached hydrogen (secondary N) is 1. The van der Waals surface area contributed by atoms with Crippen molar-refractivity contribution in [1.82, 2.24) is 15.1 Å². The van der Waals surface area contributed by atoms with Crippen molar-refractivity contribution in [3.8, 4) is 0 Å². The molecule has 0 aliphatic heterocycles. The molecule has 158 valence electrons. The van der Waals surface area contributed by atoms with Crippen LogP contribution in [0.4, 0.5) is 0 Å². The predicted octanol–water partition coefficient (Wildman–Crippen LogP) is 4.83. The standard InChI is InChI=1S/C22H18ClN3O4S/c1-12-17(13(2)30-26-12)11-31-19-6-4-3-5-16(19)22(28)29-10-20-24-18-9-14(23)7-8-15(18)21(27)25-20/h3-9H,10-11H2,1-2H3,(H,24,25,27). The first-order valence-electron chi connectivity index (χ1n) is 9.41. The fraction of sp³-hybridized carbons (Fsp3) is 0.182. The van der Waals surface area contributed by atoms with E-state index in [4.69, 9.17) is 20.9 Å². The SMILES string of the molecule is Cc1noc(C)c1CSc1ccccc1C(=O)OCc1nc2cc(Cl)ccc2c(=O)[nH]1. The zero-order valence-corrected chi connectivity index (χ0v) is 18.3. The zero-order valence-electron chi connectivity index (χ0n) is 16.8. The molecule has 31 heavy (non-hydrogen) atoms. The molecule has 1 N–H and O–H groups in total. The smallest absolute Gasteiger partial charge is 0.339 e. The summed E-state index contributed by atoms with van der Waals surface area (Å²) >= 11 is 7.48. The van der Waals surface area contributed by atoms with Gasteiger partial charge in [0.05, 0.1) is 22.2 Å². The Balaban J connectivity index is 1.49. The van der Waals surface area contributed by atoms with Crippen molar-refractivity contribution < 1.29 is 14.1 Å². The number of halogens is 1. The summed E-state index contributed by atoms with van der Waals surface area (Å²) in [6, 6.07) is 12.0. The van der Waals surface area contributed by atoms with E-state index in [1.807, 2.05) is 26.0 Å². The van der Waals surface area contributed by atoms with Crippen LogP contribution in [0.3, 0.4) is 0 Å². The van der Waals surface area contributed by atoms with Crippen molar-refractivity contribution >= 4 is 40.2 Å².